The van der Waals surface area contributed by atoms with Crippen LogP contribution in [0, 0.1) is 0 Å². The molecule has 1 aliphatic rings. The molecule has 0 spiro atoms. The van der Waals surface area contributed by atoms with Crippen LogP contribution in [0.4, 0.5) is 0 Å². The predicted octanol–water partition coefficient (Wildman–Crippen LogP) is 1.24. The minimum atomic E-state index is -0.117. The van der Waals surface area contributed by atoms with Crippen molar-refractivity contribution in [3.05, 3.63) is 53.9 Å². The summed E-state index contributed by atoms with van der Waals surface area (Å²) in [5.74, 6) is 0.460. The molecule has 2 aromatic heterocycles. The van der Waals surface area contributed by atoms with E-state index in [0.717, 1.165) is 11.1 Å². The highest BCUT2D eigenvalue weighted by atomic mass is 16.3. The van der Waals surface area contributed by atoms with E-state index < -0.39 is 0 Å². The Balaban J connectivity index is 1.71. The normalized spacial score (nSPS) is 13.5. The molecule has 120 valence electrons. The summed E-state index contributed by atoms with van der Waals surface area (Å²) < 4.78 is 1.70. The molecule has 1 amide bonds. The van der Waals surface area contributed by atoms with Gasteiger partial charge in [0.05, 0.1) is 18.8 Å². The molecule has 1 aromatic carbocycles. The SMILES string of the molecule is O=C1NCCn2nc(-c3ccnc(-c4ccc(CO)cc4)n3)cc21. The quantitative estimate of drug-likeness (QED) is 0.757. The van der Waals surface area contributed by atoms with Crippen molar-refractivity contribution in [2.24, 2.45) is 0 Å². The Morgan fingerprint density at radius 3 is 2.75 bits per heavy atom. The number of nitrogens with one attached hydrogen (secondary N) is 1. The number of carbonyl (C=O) groups excluding carboxylic acids is 1. The molecule has 0 saturated carbocycles. The fourth-order valence-corrected chi connectivity index (χ4v) is 2.66. The predicted molar refractivity (Wildman–Crippen MR) is 86.9 cm³/mol. The average molecular weight is 321 g/mol. The van der Waals surface area contributed by atoms with Gasteiger partial charge in [-0.1, -0.05) is 24.3 Å². The van der Waals surface area contributed by atoms with Crippen LogP contribution in [-0.4, -0.2) is 37.3 Å². The highest BCUT2D eigenvalue weighted by molar-refractivity contribution is 5.94. The number of fused-ring (bicyclic) bond motifs is 1. The van der Waals surface area contributed by atoms with Gasteiger partial charge in [-0.3, -0.25) is 9.48 Å². The van der Waals surface area contributed by atoms with Crippen LogP contribution in [0.15, 0.2) is 42.6 Å². The van der Waals surface area contributed by atoms with Crippen molar-refractivity contribution in [3.63, 3.8) is 0 Å². The molecular formula is C17H15N5O2. The summed E-state index contributed by atoms with van der Waals surface area (Å²) in [6.07, 6.45) is 1.68. The second-order valence-corrected chi connectivity index (χ2v) is 5.51. The van der Waals surface area contributed by atoms with Crippen molar-refractivity contribution in [1.29, 1.82) is 0 Å². The number of hydrogen-bond acceptors (Lipinski definition) is 5. The Hall–Kier alpha value is -3.06. The largest absolute Gasteiger partial charge is 0.392 e. The van der Waals surface area contributed by atoms with Crippen LogP contribution in [0.5, 0.6) is 0 Å². The van der Waals surface area contributed by atoms with Gasteiger partial charge in [-0.15, -0.1) is 0 Å². The zero-order chi connectivity index (χ0) is 16.5. The zero-order valence-corrected chi connectivity index (χ0v) is 12.8. The minimum Gasteiger partial charge on any atom is -0.392 e. The minimum absolute atomic E-state index is 0.00343. The fraction of sp³-hybridized carbons (Fsp3) is 0.176. The highest BCUT2D eigenvalue weighted by Crippen LogP contribution is 2.22. The van der Waals surface area contributed by atoms with Gasteiger partial charge < -0.3 is 10.4 Å². The molecule has 24 heavy (non-hydrogen) atoms. The van der Waals surface area contributed by atoms with Crippen LogP contribution in [0.1, 0.15) is 16.1 Å². The average Bonchev–Trinajstić information content (AvgIpc) is 3.08. The summed E-state index contributed by atoms with van der Waals surface area (Å²) >= 11 is 0. The lowest BCUT2D eigenvalue weighted by molar-refractivity contribution is 0.0924. The zero-order valence-electron chi connectivity index (χ0n) is 12.8. The van der Waals surface area contributed by atoms with Crippen molar-refractivity contribution in [1.82, 2.24) is 25.1 Å². The maximum Gasteiger partial charge on any atom is 0.269 e. The van der Waals surface area contributed by atoms with E-state index in [4.69, 9.17) is 5.11 Å². The molecule has 0 fully saturated rings. The van der Waals surface area contributed by atoms with E-state index in [0.29, 0.717) is 36.0 Å². The third-order valence-electron chi connectivity index (χ3n) is 3.93. The van der Waals surface area contributed by atoms with Crippen molar-refractivity contribution < 1.29 is 9.90 Å². The summed E-state index contributed by atoms with van der Waals surface area (Å²) in [5.41, 5.74) is 3.56. The van der Waals surface area contributed by atoms with E-state index >= 15 is 0 Å². The van der Waals surface area contributed by atoms with Gasteiger partial charge in [-0.25, -0.2) is 9.97 Å². The maximum absolute atomic E-state index is 11.9. The van der Waals surface area contributed by atoms with Crippen molar-refractivity contribution in [2.75, 3.05) is 6.54 Å². The molecule has 4 rings (SSSR count). The number of rotatable bonds is 3. The Morgan fingerprint density at radius 2 is 2.00 bits per heavy atom. The van der Waals surface area contributed by atoms with Gasteiger partial charge in [0.25, 0.3) is 5.91 Å². The fourth-order valence-electron chi connectivity index (χ4n) is 2.66. The molecule has 0 aliphatic carbocycles. The number of aliphatic hydroxyl groups excluding tert-OH is 1. The van der Waals surface area contributed by atoms with Crippen molar-refractivity contribution in [3.8, 4) is 22.8 Å². The highest BCUT2D eigenvalue weighted by Gasteiger charge is 2.20. The molecule has 7 nitrogen and oxygen atoms in total. The summed E-state index contributed by atoms with van der Waals surface area (Å²) in [7, 11) is 0. The van der Waals surface area contributed by atoms with Crippen LogP contribution in [-0.2, 0) is 13.2 Å². The third kappa shape index (κ3) is 2.55. The molecule has 0 atom stereocenters. The van der Waals surface area contributed by atoms with Crippen LogP contribution in [0.25, 0.3) is 22.8 Å². The lowest BCUT2D eigenvalue weighted by Crippen LogP contribution is -2.35. The number of carbonyl (C=O) groups is 1. The Kier molecular flexibility index (Phi) is 3.55. The summed E-state index contributed by atoms with van der Waals surface area (Å²) in [6.45, 7) is 1.24. The molecule has 1 aliphatic heterocycles. The Morgan fingerprint density at radius 1 is 1.17 bits per heavy atom. The maximum atomic E-state index is 11.9. The molecule has 0 saturated heterocycles. The van der Waals surface area contributed by atoms with Gasteiger partial charge in [0.1, 0.15) is 11.4 Å². The number of nitrogens with zero attached hydrogens (tertiary/aromatic N) is 4. The number of amides is 1. The molecule has 7 heteroatoms. The summed E-state index contributed by atoms with van der Waals surface area (Å²) in [6, 6.07) is 10.9. The number of benzene rings is 1. The van der Waals surface area contributed by atoms with Crippen LogP contribution in [0.2, 0.25) is 0 Å². The second-order valence-electron chi connectivity index (χ2n) is 5.51. The number of aliphatic hydroxyl groups is 1. The van der Waals surface area contributed by atoms with Crippen molar-refractivity contribution in [2.45, 2.75) is 13.2 Å². The summed E-state index contributed by atoms with van der Waals surface area (Å²) in [5, 5.41) is 16.4. The third-order valence-corrected chi connectivity index (χ3v) is 3.93. The lowest BCUT2D eigenvalue weighted by Gasteiger charge is -2.13. The van der Waals surface area contributed by atoms with Crippen LogP contribution in [0.3, 0.4) is 0 Å². The first-order valence-corrected chi connectivity index (χ1v) is 7.64. The molecule has 0 bridgehead atoms. The monoisotopic (exact) mass is 321 g/mol. The van der Waals surface area contributed by atoms with Gasteiger partial charge in [0, 0.05) is 18.3 Å². The molecule has 3 heterocycles. The van der Waals surface area contributed by atoms with Crippen LogP contribution < -0.4 is 5.32 Å². The van der Waals surface area contributed by atoms with Crippen molar-refractivity contribution >= 4 is 5.91 Å². The first-order valence-electron chi connectivity index (χ1n) is 7.64. The molecule has 0 unspecified atom stereocenters. The Bertz CT molecular complexity index is 902. The van der Waals surface area contributed by atoms with E-state index in [1.165, 1.54) is 0 Å². The number of aromatic nitrogens is 4. The topological polar surface area (TPSA) is 92.9 Å². The Labute approximate surface area is 138 Å². The molecule has 3 aromatic rings. The van der Waals surface area contributed by atoms with E-state index in [1.807, 2.05) is 24.3 Å². The smallest absolute Gasteiger partial charge is 0.269 e. The van der Waals surface area contributed by atoms with Crippen LogP contribution >= 0.6 is 0 Å². The van der Waals surface area contributed by atoms with Gasteiger partial charge in [0.15, 0.2) is 5.82 Å². The van der Waals surface area contributed by atoms with E-state index in [2.05, 4.69) is 20.4 Å². The molecule has 2 N–H and O–H groups in total. The van der Waals surface area contributed by atoms with Gasteiger partial charge in [0.2, 0.25) is 0 Å². The van der Waals surface area contributed by atoms with Gasteiger partial charge in [-0.2, -0.15) is 5.10 Å². The standard InChI is InChI=1S/C17H15N5O2/c23-10-11-1-3-12(4-2-11)16-18-6-5-13(20-16)14-9-15-17(24)19-7-8-22(15)21-14/h1-6,9,23H,7-8,10H2,(H,19,24). The lowest BCUT2D eigenvalue weighted by atomic mass is 10.1. The van der Waals surface area contributed by atoms with E-state index in [9.17, 15) is 4.79 Å². The van der Waals surface area contributed by atoms with E-state index in [-0.39, 0.29) is 12.5 Å². The van der Waals surface area contributed by atoms with Gasteiger partial charge >= 0.3 is 0 Å². The molecule has 0 radical (unpaired) electrons. The van der Waals surface area contributed by atoms with Gasteiger partial charge in [-0.05, 0) is 17.7 Å². The summed E-state index contributed by atoms with van der Waals surface area (Å²) in [4.78, 5) is 20.7. The second kappa shape index (κ2) is 5.86. The number of hydrogen-bond donors (Lipinski definition) is 2. The first kappa shape index (κ1) is 14.5. The first-order chi connectivity index (χ1) is 11.7. The van der Waals surface area contributed by atoms with E-state index in [1.54, 1.807) is 23.0 Å². The molecular weight excluding hydrogens is 306 g/mol.